The van der Waals surface area contributed by atoms with Crippen LogP contribution in [0.15, 0.2) is 42.6 Å². The molecule has 2 fully saturated rings. The van der Waals surface area contributed by atoms with Gasteiger partial charge in [0.1, 0.15) is 5.82 Å². The first-order valence-corrected chi connectivity index (χ1v) is 9.28. The number of nitrogens with zero attached hydrogens (tertiary/aromatic N) is 3. The van der Waals surface area contributed by atoms with Gasteiger partial charge in [-0.25, -0.2) is 4.98 Å². The van der Waals surface area contributed by atoms with Crippen LogP contribution in [0.5, 0.6) is 0 Å². The van der Waals surface area contributed by atoms with Crippen molar-refractivity contribution in [1.82, 2.24) is 9.88 Å². The van der Waals surface area contributed by atoms with E-state index in [0.717, 1.165) is 50.4 Å². The second-order valence-electron chi connectivity index (χ2n) is 7.19. The minimum Gasteiger partial charge on any atom is -0.356 e. The first-order chi connectivity index (χ1) is 12.2. The molecule has 2 aliphatic rings. The molecule has 0 N–H and O–H groups in total. The molecule has 0 aliphatic carbocycles. The highest BCUT2D eigenvalue weighted by atomic mass is 16.2. The highest BCUT2D eigenvalue weighted by Crippen LogP contribution is 2.30. The fourth-order valence-electron chi connectivity index (χ4n) is 3.91. The molecule has 2 aromatic rings. The van der Waals surface area contributed by atoms with Gasteiger partial charge in [0.25, 0.3) is 5.91 Å². The van der Waals surface area contributed by atoms with E-state index in [1.165, 1.54) is 17.5 Å². The molecular formula is C21H25N3O. The van der Waals surface area contributed by atoms with E-state index in [0.29, 0.717) is 5.92 Å². The summed E-state index contributed by atoms with van der Waals surface area (Å²) >= 11 is 0. The lowest BCUT2D eigenvalue weighted by molar-refractivity contribution is 0.0707. The third kappa shape index (κ3) is 3.26. The summed E-state index contributed by atoms with van der Waals surface area (Å²) in [6.45, 7) is 5.92. The van der Waals surface area contributed by atoms with Crippen LogP contribution in [0.25, 0.3) is 0 Å². The number of pyridine rings is 1. The largest absolute Gasteiger partial charge is 0.356 e. The number of hydrogen-bond donors (Lipinski definition) is 0. The summed E-state index contributed by atoms with van der Waals surface area (Å²) in [5, 5.41) is 0. The van der Waals surface area contributed by atoms with Crippen molar-refractivity contribution >= 4 is 11.7 Å². The van der Waals surface area contributed by atoms with Crippen LogP contribution in [0.1, 0.15) is 46.7 Å². The molecule has 1 aromatic carbocycles. The Morgan fingerprint density at radius 2 is 1.96 bits per heavy atom. The van der Waals surface area contributed by atoms with E-state index in [9.17, 15) is 4.79 Å². The van der Waals surface area contributed by atoms with Gasteiger partial charge in [-0.3, -0.25) is 4.79 Å². The maximum absolute atomic E-state index is 13.0. The molecule has 4 rings (SSSR count). The number of rotatable bonds is 3. The molecule has 1 atom stereocenters. The number of carbonyl (C=O) groups is 1. The standard InChI is InChI=1S/C21H25N3O/c1-16-6-2-3-8-19(16)18-7-4-11-24(15-18)21(25)17-9-10-22-20(14-17)23-12-5-13-23/h2-3,6,8-10,14,18H,4-5,7,11-13,15H2,1H3/t18-/m0/s1. The lowest BCUT2D eigenvalue weighted by Crippen LogP contribution is -2.40. The number of aryl methyl sites for hydroxylation is 1. The van der Waals surface area contributed by atoms with E-state index < -0.39 is 0 Å². The van der Waals surface area contributed by atoms with Gasteiger partial charge >= 0.3 is 0 Å². The summed E-state index contributed by atoms with van der Waals surface area (Å²) in [7, 11) is 0. The minimum atomic E-state index is 0.141. The lowest BCUT2D eigenvalue weighted by Gasteiger charge is -2.34. The molecule has 4 nitrogen and oxygen atoms in total. The Morgan fingerprint density at radius 1 is 1.12 bits per heavy atom. The number of hydrogen-bond acceptors (Lipinski definition) is 3. The first kappa shape index (κ1) is 16.1. The lowest BCUT2D eigenvalue weighted by atomic mass is 9.88. The van der Waals surface area contributed by atoms with Gasteiger partial charge < -0.3 is 9.80 Å². The molecule has 130 valence electrons. The second kappa shape index (κ2) is 6.87. The predicted octanol–water partition coefficient (Wildman–Crippen LogP) is 3.62. The van der Waals surface area contributed by atoms with Crippen LogP contribution in [0.3, 0.4) is 0 Å². The monoisotopic (exact) mass is 335 g/mol. The van der Waals surface area contributed by atoms with Gasteiger partial charge in [0, 0.05) is 43.9 Å². The number of anilines is 1. The van der Waals surface area contributed by atoms with Crippen LogP contribution in [0.2, 0.25) is 0 Å². The van der Waals surface area contributed by atoms with Crippen LogP contribution in [0.4, 0.5) is 5.82 Å². The van der Waals surface area contributed by atoms with Gasteiger partial charge in [0.2, 0.25) is 0 Å². The van der Waals surface area contributed by atoms with Gasteiger partial charge in [-0.05, 0) is 49.4 Å². The first-order valence-electron chi connectivity index (χ1n) is 9.28. The maximum Gasteiger partial charge on any atom is 0.254 e. The van der Waals surface area contributed by atoms with Crippen LogP contribution < -0.4 is 4.90 Å². The number of carbonyl (C=O) groups excluding carboxylic acids is 1. The second-order valence-corrected chi connectivity index (χ2v) is 7.19. The van der Waals surface area contributed by atoms with E-state index in [1.807, 2.05) is 17.0 Å². The number of likely N-dealkylation sites (tertiary alicyclic amines) is 1. The summed E-state index contributed by atoms with van der Waals surface area (Å²) in [6, 6.07) is 12.4. The zero-order valence-corrected chi connectivity index (χ0v) is 14.8. The van der Waals surface area contributed by atoms with Gasteiger partial charge in [-0.1, -0.05) is 24.3 Å². The van der Waals surface area contributed by atoms with Crippen LogP contribution >= 0.6 is 0 Å². The fourth-order valence-corrected chi connectivity index (χ4v) is 3.91. The third-order valence-electron chi connectivity index (χ3n) is 5.51. The van der Waals surface area contributed by atoms with Crippen molar-refractivity contribution in [1.29, 1.82) is 0 Å². The fraction of sp³-hybridized carbons (Fsp3) is 0.429. The molecule has 2 aliphatic heterocycles. The molecule has 0 bridgehead atoms. The van der Waals surface area contributed by atoms with Crippen molar-refractivity contribution in [3.8, 4) is 0 Å². The highest BCUT2D eigenvalue weighted by molar-refractivity contribution is 5.95. The minimum absolute atomic E-state index is 0.141. The summed E-state index contributed by atoms with van der Waals surface area (Å²) in [5.41, 5.74) is 3.48. The molecule has 1 amide bonds. The molecule has 2 saturated heterocycles. The maximum atomic E-state index is 13.0. The molecule has 4 heteroatoms. The number of benzene rings is 1. The topological polar surface area (TPSA) is 36.4 Å². The average molecular weight is 335 g/mol. The Hall–Kier alpha value is -2.36. The zero-order chi connectivity index (χ0) is 17.2. The third-order valence-corrected chi connectivity index (χ3v) is 5.51. The van der Waals surface area contributed by atoms with Crippen molar-refractivity contribution < 1.29 is 4.79 Å². The molecule has 1 aromatic heterocycles. The Labute approximate surface area is 149 Å². The van der Waals surface area contributed by atoms with Crippen LogP contribution in [0, 0.1) is 6.92 Å². The molecular weight excluding hydrogens is 310 g/mol. The van der Waals surface area contributed by atoms with Gasteiger partial charge in [0.15, 0.2) is 0 Å². The van der Waals surface area contributed by atoms with Crippen molar-refractivity contribution in [2.75, 3.05) is 31.1 Å². The van der Waals surface area contributed by atoms with E-state index >= 15 is 0 Å². The summed E-state index contributed by atoms with van der Waals surface area (Å²) in [6.07, 6.45) is 5.20. The Kier molecular flexibility index (Phi) is 4.43. The van der Waals surface area contributed by atoms with Crippen molar-refractivity contribution in [2.24, 2.45) is 0 Å². The van der Waals surface area contributed by atoms with Crippen molar-refractivity contribution in [2.45, 2.75) is 32.1 Å². The van der Waals surface area contributed by atoms with Gasteiger partial charge in [-0.2, -0.15) is 0 Å². The van der Waals surface area contributed by atoms with Gasteiger partial charge in [-0.15, -0.1) is 0 Å². The van der Waals surface area contributed by atoms with E-state index in [1.54, 1.807) is 6.20 Å². The zero-order valence-electron chi connectivity index (χ0n) is 14.8. The highest BCUT2D eigenvalue weighted by Gasteiger charge is 2.27. The van der Waals surface area contributed by atoms with Gasteiger partial charge in [0.05, 0.1) is 0 Å². The Balaban J connectivity index is 1.51. The molecule has 0 saturated carbocycles. The van der Waals surface area contributed by atoms with E-state index in [4.69, 9.17) is 0 Å². The number of aromatic nitrogens is 1. The van der Waals surface area contributed by atoms with Crippen LogP contribution in [-0.2, 0) is 0 Å². The van der Waals surface area contributed by atoms with Crippen molar-refractivity contribution in [3.63, 3.8) is 0 Å². The summed E-state index contributed by atoms with van der Waals surface area (Å²) in [5.74, 6) is 1.52. The molecule has 0 unspecified atom stereocenters. The average Bonchev–Trinajstić information content (AvgIpc) is 2.60. The molecule has 0 radical (unpaired) electrons. The molecule has 3 heterocycles. The SMILES string of the molecule is Cc1ccccc1[C@H]1CCCN(C(=O)c2ccnc(N3CCC3)c2)C1. The summed E-state index contributed by atoms with van der Waals surface area (Å²) < 4.78 is 0. The van der Waals surface area contributed by atoms with E-state index in [-0.39, 0.29) is 5.91 Å². The normalized spacial score (nSPS) is 20.3. The summed E-state index contributed by atoms with van der Waals surface area (Å²) in [4.78, 5) is 21.7. The smallest absolute Gasteiger partial charge is 0.254 e. The molecule has 0 spiro atoms. The predicted molar refractivity (Wildman–Crippen MR) is 100 cm³/mol. The Morgan fingerprint density at radius 3 is 2.72 bits per heavy atom. The van der Waals surface area contributed by atoms with Crippen molar-refractivity contribution in [3.05, 3.63) is 59.3 Å². The Bertz CT molecular complexity index is 769. The van der Waals surface area contributed by atoms with E-state index in [2.05, 4.69) is 41.1 Å². The number of piperidine rings is 1. The van der Waals surface area contributed by atoms with Crippen LogP contribution in [-0.4, -0.2) is 42.0 Å². The molecule has 25 heavy (non-hydrogen) atoms. The quantitative estimate of drug-likeness (QED) is 0.859. The number of amides is 1.